The second kappa shape index (κ2) is 7.43. The van der Waals surface area contributed by atoms with Crippen molar-refractivity contribution in [3.05, 3.63) is 35.4 Å². The molecule has 2 N–H and O–H groups in total. The molecule has 0 saturated carbocycles. The van der Waals surface area contributed by atoms with Crippen LogP contribution < -0.4 is 5.73 Å². The Labute approximate surface area is 92.4 Å². The molecule has 0 amide bonds. The van der Waals surface area contributed by atoms with E-state index in [1.165, 1.54) is 11.1 Å². The molecule has 2 nitrogen and oxygen atoms in total. The van der Waals surface area contributed by atoms with Crippen molar-refractivity contribution in [3.8, 4) is 0 Å². The van der Waals surface area contributed by atoms with Crippen LogP contribution in [0.15, 0.2) is 24.3 Å². The monoisotopic (exact) mass is 207 g/mol. The molecule has 84 valence electrons. The Hall–Kier alpha value is -0.860. The molecule has 1 rings (SSSR count). The first kappa shape index (κ1) is 12.2. The van der Waals surface area contributed by atoms with Crippen LogP contribution in [0.3, 0.4) is 0 Å². The summed E-state index contributed by atoms with van der Waals surface area (Å²) in [6.45, 7) is 1.61. The van der Waals surface area contributed by atoms with Crippen molar-refractivity contribution in [1.82, 2.24) is 0 Å². The maximum atomic E-state index is 5.50. The van der Waals surface area contributed by atoms with Gasteiger partial charge in [0.2, 0.25) is 0 Å². The van der Waals surface area contributed by atoms with E-state index in [1.54, 1.807) is 7.11 Å². The van der Waals surface area contributed by atoms with Gasteiger partial charge in [0.05, 0.1) is 0 Å². The van der Waals surface area contributed by atoms with E-state index >= 15 is 0 Å². The minimum atomic E-state index is 0.772. The van der Waals surface area contributed by atoms with Crippen LogP contribution >= 0.6 is 0 Å². The van der Waals surface area contributed by atoms with E-state index in [0.717, 1.165) is 38.8 Å². The van der Waals surface area contributed by atoms with Gasteiger partial charge < -0.3 is 10.5 Å². The maximum Gasteiger partial charge on any atom is 0.0465 e. The van der Waals surface area contributed by atoms with E-state index in [9.17, 15) is 0 Å². The van der Waals surface area contributed by atoms with Crippen LogP contribution in [0.25, 0.3) is 0 Å². The fourth-order valence-corrected chi connectivity index (χ4v) is 1.67. The Morgan fingerprint density at radius 2 is 1.80 bits per heavy atom. The van der Waals surface area contributed by atoms with Crippen molar-refractivity contribution < 1.29 is 4.74 Å². The number of hydrogen-bond donors (Lipinski definition) is 1. The minimum Gasteiger partial charge on any atom is -0.385 e. The number of hydrogen-bond acceptors (Lipinski definition) is 2. The first-order valence-corrected chi connectivity index (χ1v) is 5.63. The topological polar surface area (TPSA) is 35.2 Å². The van der Waals surface area contributed by atoms with Gasteiger partial charge in [-0.25, -0.2) is 0 Å². The Morgan fingerprint density at radius 3 is 2.40 bits per heavy atom. The summed E-state index contributed by atoms with van der Waals surface area (Å²) in [5.74, 6) is 0. The van der Waals surface area contributed by atoms with Crippen molar-refractivity contribution in [2.75, 3.05) is 20.3 Å². The molecule has 1 aromatic carbocycles. The quantitative estimate of drug-likeness (QED) is 0.695. The van der Waals surface area contributed by atoms with Crippen LogP contribution in [0.2, 0.25) is 0 Å². The summed E-state index contributed by atoms with van der Waals surface area (Å²) >= 11 is 0. The average molecular weight is 207 g/mol. The summed E-state index contributed by atoms with van der Waals surface area (Å²) in [5.41, 5.74) is 8.30. The third kappa shape index (κ3) is 4.96. The minimum absolute atomic E-state index is 0.772. The van der Waals surface area contributed by atoms with Crippen molar-refractivity contribution in [2.24, 2.45) is 5.73 Å². The number of aryl methyl sites for hydroxylation is 2. The molecule has 0 bridgehead atoms. The van der Waals surface area contributed by atoms with Crippen molar-refractivity contribution in [1.29, 1.82) is 0 Å². The molecule has 0 aliphatic heterocycles. The predicted molar refractivity (Wildman–Crippen MR) is 64.0 cm³/mol. The van der Waals surface area contributed by atoms with Crippen LogP contribution in [0.4, 0.5) is 0 Å². The largest absolute Gasteiger partial charge is 0.385 e. The van der Waals surface area contributed by atoms with Gasteiger partial charge in [-0.05, 0) is 43.4 Å². The van der Waals surface area contributed by atoms with Crippen LogP contribution in [0, 0.1) is 0 Å². The molecule has 0 heterocycles. The van der Waals surface area contributed by atoms with E-state index < -0.39 is 0 Å². The lowest BCUT2D eigenvalue weighted by molar-refractivity contribution is 0.195. The summed E-state index contributed by atoms with van der Waals surface area (Å²) in [4.78, 5) is 0. The third-order valence-electron chi connectivity index (χ3n) is 2.47. The lowest BCUT2D eigenvalue weighted by Crippen LogP contribution is -2.00. The highest BCUT2D eigenvalue weighted by Crippen LogP contribution is 2.09. The average Bonchev–Trinajstić information content (AvgIpc) is 2.27. The van der Waals surface area contributed by atoms with Crippen LogP contribution in [0.5, 0.6) is 0 Å². The van der Waals surface area contributed by atoms with Crippen LogP contribution in [0.1, 0.15) is 24.0 Å². The molecule has 0 aliphatic rings. The highest BCUT2D eigenvalue weighted by Gasteiger charge is 1.96. The van der Waals surface area contributed by atoms with Gasteiger partial charge in [0.25, 0.3) is 0 Å². The van der Waals surface area contributed by atoms with E-state index in [2.05, 4.69) is 24.3 Å². The van der Waals surface area contributed by atoms with Crippen molar-refractivity contribution >= 4 is 0 Å². The molecule has 0 aliphatic carbocycles. The van der Waals surface area contributed by atoms with E-state index in [0.29, 0.717) is 0 Å². The van der Waals surface area contributed by atoms with Crippen molar-refractivity contribution in [2.45, 2.75) is 25.7 Å². The summed E-state index contributed by atoms with van der Waals surface area (Å²) in [6, 6.07) is 8.77. The lowest BCUT2D eigenvalue weighted by Gasteiger charge is -2.04. The molecular weight excluding hydrogens is 186 g/mol. The van der Waals surface area contributed by atoms with Gasteiger partial charge >= 0.3 is 0 Å². The molecular formula is C13H21NO. The molecule has 15 heavy (non-hydrogen) atoms. The van der Waals surface area contributed by atoms with Gasteiger partial charge in [-0.15, -0.1) is 0 Å². The maximum absolute atomic E-state index is 5.50. The smallest absolute Gasteiger partial charge is 0.0465 e. The van der Waals surface area contributed by atoms with Crippen LogP contribution in [-0.2, 0) is 17.6 Å². The number of rotatable bonds is 7. The molecule has 0 atom stereocenters. The highest BCUT2D eigenvalue weighted by molar-refractivity contribution is 5.23. The zero-order chi connectivity index (χ0) is 10.9. The molecule has 0 spiro atoms. The van der Waals surface area contributed by atoms with Crippen LogP contribution in [-0.4, -0.2) is 20.3 Å². The van der Waals surface area contributed by atoms with Gasteiger partial charge in [-0.2, -0.15) is 0 Å². The SMILES string of the molecule is COCCCc1cccc(CCCN)c1. The summed E-state index contributed by atoms with van der Waals surface area (Å²) in [7, 11) is 1.75. The number of benzene rings is 1. The van der Waals surface area contributed by atoms with Crippen molar-refractivity contribution in [3.63, 3.8) is 0 Å². The summed E-state index contributed by atoms with van der Waals surface area (Å²) < 4.78 is 5.04. The summed E-state index contributed by atoms with van der Waals surface area (Å²) in [5, 5.41) is 0. The van der Waals surface area contributed by atoms with Gasteiger partial charge in [0.15, 0.2) is 0 Å². The Morgan fingerprint density at radius 1 is 1.13 bits per heavy atom. The van der Waals surface area contributed by atoms with E-state index in [1.807, 2.05) is 0 Å². The molecule has 0 aromatic heterocycles. The standard InChI is InChI=1S/C13H21NO/c1-15-10-4-8-13-6-2-5-12(11-13)7-3-9-14/h2,5-6,11H,3-4,7-10,14H2,1H3. The number of nitrogens with two attached hydrogens (primary N) is 1. The molecule has 0 fully saturated rings. The van der Waals surface area contributed by atoms with Gasteiger partial charge in [-0.1, -0.05) is 24.3 Å². The van der Waals surface area contributed by atoms with E-state index in [-0.39, 0.29) is 0 Å². The van der Waals surface area contributed by atoms with Gasteiger partial charge in [0.1, 0.15) is 0 Å². The number of methoxy groups -OCH3 is 1. The molecule has 0 unspecified atom stereocenters. The second-order valence-corrected chi connectivity index (χ2v) is 3.81. The molecule has 0 saturated heterocycles. The normalized spacial score (nSPS) is 10.5. The zero-order valence-corrected chi connectivity index (χ0v) is 9.54. The van der Waals surface area contributed by atoms with E-state index in [4.69, 9.17) is 10.5 Å². The van der Waals surface area contributed by atoms with Gasteiger partial charge in [-0.3, -0.25) is 0 Å². The lowest BCUT2D eigenvalue weighted by atomic mass is 10.0. The Balaban J connectivity index is 2.42. The molecule has 0 radical (unpaired) electrons. The number of ether oxygens (including phenoxy) is 1. The third-order valence-corrected chi connectivity index (χ3v) is 2.47. The first-order valence-electron chi connectivity index (χ1n) is 5.63. The fraction of sp³-hybridized carbons (Fsp3) is 0.538. The predicted octanol–water partition coefficient (Wildman–Crippen LogP) is 2.16. The summed E-state index contributed by atoms with van der Waals surface area (Å²) in [6.07, 6.45) is 4.36. The first-order chi connectivity index (χ1) is 7.36. The Kier molecular flexibility index (Phi) is 6.05. The highest BCUT2D eigenvalue weighted by atomic mass is 16.5. The molecule has 1 aromatic rings. The Bertz CT molecular complexity index is 273. The zero-order valence-electron chi connectivity index (χ0n) is 9.54. The van der Waals surface area contributed by atoms with Gasteiger partial charge in [0, 0.05) is 13.7 Å². The second-order valence-electron chi connectivity index (χ2n) is 3.81. The fourth-order valence-electron chi connectivity index (χ4n) is 1.67. The molecule has 2 heteroatoms.